The van der Waals surface area contributed by atoms with Crippen LogP contribution < -0.4 is 0 Å². The Morgan fingerprint density at radius 3 is 1.69 bits per heavy atom. The summed E-state index contributed by atoms with van der Waals surface area (Å²) in [7, 11) is 0. The van der Waals surface area contributed by atoms with Gasteiger partial charge in [0.15, 0.2) is 0 Å². The zero-order valence-corrected chi connectivity index (χ0v) is 23.6. The van der Waals surface area contributed by atoms with Crippen molar-refractivity contribution < 1.29 is 14.0 Å². The molecule has 0 aliphatic carbocycles. The molecule has 1 unspecified atom stereocenters. The number of piperazine rings is 1. The Kier molecular flexibility index (Phi) is 8.38. The second-order valence-electron chi connectivity index (χ2n) is 11.0. The van der Waals surface area contributed by atoms with Crippen LogP contribution in [0.1, 0.15) is 34.9 Å². The standard InChI is InChI=1S/C35H35FN4O2/c36-33(28-14-8-3-9-15-28)35(42)39-18-16-30(17-19-39)38-20-22-40(23-21-38)34(41)29-24-31(26-10-4-1-5-11-26)37-32(25-29)27-12-6-2-7-13-27/h1-15,24-25,30,33H,16-23H2. The number of likely N-dealkylation sites (tertiary alicyclic amines) is 1. The fraction of sp³-hybridized carbons (Fsp3) is 0.286. The first-order valence-corrected chi connectivity index (χ1v) is 14.7. The largest absolute Gasteiger partial charge is 0.340 e. The number of carbonyl (C=O) groups is 2. The highest BCUT2D eigenvalue weighted by molar-refractivity contribution is 5.96. The molecule has 7 heteroatoms. The van der Waals surface area contributed by atoms with Gasteiger partial charge in [-0.15, -0.1) is 0 Å². The van der Waals surface area contributed by atoms with Crippen LogP contribution in [0.25, 0.3) is 22.5 Å². The molecule has 2 saturated heterocycles. The predicted octanol–water partition coefficient (Wildman–Crippen LogP) is 5.88. The molecule has 0 N–H and O–H groups in total. The Morgan fingerprint density at radius 2 is 1.17 bits per heavy atom. The summed E-state index contributed by atoms with van der Waals surface area (Å²) in [4.78, 5) is 37.4. The van der Waals surface area contributed by atoms with Gasteiger partial charge in [0.1, 0.15) is 0 Å². The minimum atomic E-state index is -1.62. The number of benzene rings is 3. The molecule has 2 amide bonds. The van der Waals surface area contributed by atoms with Crippen molar-refractivity contribution in [2.45, 2.75) is 25.1 Å². The number of amides is 2. The van der Waals surface area contributed by atoms with Crippen molar-refractivity contribution >= 4 is 11.8 Å². The average molecular weight is 563 g/mol. The Bertz CT molecular complexity index is 1440. The van der Waals surface area contributed by atoms with E-state index in [1.807, 2.05) is 83.8 Å². The van der Waals surface area contributed by atoms with E-state index in [9.17, 15) is 14.0 Å². The molecular formula is C35H35FN4O2. The number of carbonyl (C=O) groups excluding carboxylic acids is 2. The molecule has 42 heavy (non-hydrogen) atoms. The van der Waals surface area contributed by atoms with E-state index >= 15 is 0 Å². The molecule has 1 atom stereocenters. The first-order valence-electron chi connectivity index (χ1n) is 14.7. The molecule has 3 aromatic carbocycles. The molecule has 214 valence electrons. The molecule has 2 aliphatic rings. The second kappa shape index (κ2) is 12.7. The molecule has 2 aliphatic heterocycles. The van der Waals surface area contributed by atoms with Gasteiger partial charge < -0.3 is 9.80 Å². The van der Waals surface area contributed by atoms with Gasteiger partial charge in [-0.05, 0) is 30.5 Å². The molecule has 3 heterocycles. The van der Waals surface area contributed by atoms with Crippen molar-refractivity contribution in [2.24, 2.45) is 0 Å². The Hall–Kier alpha value is -4.36. The predicted molar refractivity (Wildman–Crippen MR) is 162 cm³/mol. The third-order valence-corrected chi connectivity index (χ3v) is 8.41. The molecule has 0 saturated carbocycles. The fourth-order valence-corrected chi connectivity index (χ4v) is 6.02. The number of rotatable bonds is 6. The SMILES string of the molecule is O=C(c1cc(-c2ccccc2)nc(-c2ccccc2)c1)N1CCN(C2CCN(C(=O)C(F)c3ccccc3)CC2)CC1. The third-order valence-electron chi connectivity index (χ3n) is 8.41. The number of pyridine rings is 1. The van der Waals surface area contributed by atoms with Crippen molar-refractivity contribution in [2.75, 3.05) is 39.3 Å². The molecule has 0 spiro atoms. The van der Waals surface area contributed by atoms with Crippen LogP contribution >= 0.6 is 0 Å². The number of alkyl halides is 1. The first kappa shape index (κ1) is 27.8. The highest BCUT2D eigenvalue weighted by atomic mass is 19.1. The molecule has 1 aromatic heterocycles. The van der Waals surface area contributed by atoms with Crippen molar-refractivity contribution in [3.63, 3.8) is 0 Å². The quantitative estimate of drug-likeness (QED) is 0.295. The van der Waals surface area contributed by atoms with E-state index in [4.69, 9.17) is 4.98 Å². The van der Waals surface area contributed by atoms with Crippen molar-refractivity contribution in [3.8, 4) is 22.5 Å². The maximum atomic E-state index is 14.8. The smallest absolute Gasteiger partial charge is 0.261 e. The zero-order chi connectivity index (χ0) is 28.9. The van der Waals surface area contributed by atoms with E-state index in [0.29, 0.717) is 43.3 Å². The van der Waals surface area contributed by atoms with Gasteiger partial charge in [-0.25, -0.2) is 9.37 Å². The van der Waals surface area contributed by atoms with Gasteiger partial charge in [0, 0.05) is 62.0 Å². The number of halogens is 1. The Labute approximate surface area is 246 Å². The summed E-state index contributed by atoms with van der Waals surface area (Å²) in [5.74, 6) is -0.432. The maximum Gasteiger partial charge on any atom is 0.261 e. The van der Waals surface area contributed by atoms with Gasteiger partial charge >= 0.3 is 0 Å². The maximum absolute atomic E-state index is 14.8. The van der Waals surface area contributed by atoms with Gasteiger partial charge in [-0.1, -0.05) is 91.0 Å². The van der Waals surface area contributed by atoms with E-state index in [1.165, 1.54) is 0 Å². The highest BCUT2D eigenvalue weighted by Gasteiger charge is 2.33. The minimum absolute atomic E-state index is 0.0155. The Morgan fingerprint density at radius 1 is 0.667 bits per heavy atom. The molecular weight excluding hydrogens is 527 g/mol. The highest BCUT2D eigenvalue weighted by Crippen LogP contribution is 2.27. The lowest BCUT2D eigenvalue weighted by molar-refractivity contribution is -0.138. The van der Waals surface area contributed by atoms with Crippen LogP contribution in [-0.2, 0) is 4.79 Å². The summed E-state index contributed by atoms with van der Waals surface area (Å²) >= 11 is 0. The van der Waals surface area contributed by atoms with Gasteiger partial charge in [-0.3, -0.25) is 14.5 Å². The van der Waals surface area contributed by atoms with Crippen LogP contribution in [0.15, 0.2) is 103 Å². The normalized spacial score (nSPS) is 17.2. The summed E-state index contributed by atoms with van der Waals surface area (Å²) in [5, 5.41) is 0. The molecule has 0 radical (unpaired) electrons. The molecule has 2 fully saturated rings. The number of hydrogen-bond acceptors (Lipinski definition) is 4. The summed E-state index contributed by atoms with van der Waals surface area (Å²) < 4.78 is 14.8. The minimum Gasteiger partial charge on any atom is -0.340 e. The fourth-order valence-electron chi connectivity index (χ4n) is 6.02. The van der Waals surface area contributed by atoms with Crippen LogP contribution in [0.5, 0.6) is 0 Å². The molecule has 6 rings (SSSR count). The van der Waals surface area contributed by atoms with Crippen LogP contribution in [0.2, 0.25) is 0 Å². The van der Waals surface area contributed by atoms with Crippen LogP contribution in [0.4, 0.5) is 4.39 Å². The van der Waals surface area contributed by atoms with Gasteiger partial charge in [0.25, 0.3) is 11.8 Å². The monoisotopic (exact) mass is 562 g/mol. The van der Waals surface area contributed by atoms with Gasteiger partial charge in [-0.2, -0.15) is 0 Å². The summed E-state index contributed by atoms with van der Waals surface area (Å²) in [6.45, 7) is 3.95. The summed E-state index contributed by atoms with van der Waals surface area (Å²) in [6, 6.07) is 32.7. The molecule has 0 bridgehead atoms. The average Bonchev–Trinajstić information content (AvgIpc) is 3.08. The van der Waals surface area contributed by atoms with E-state index < -0.39 is 12.1 Å². The van der Waals surface area contributed by atoms with Crippen molar-refractivity contribution in [1.29, 1.82) is 0 Å². The molecule has 4 aromatic rings. The number of hydrogen-bond donors (Lipinski definition) is 0. The topological polar surface area (TPSA) is 56.8 Å². The van der Waals surface area contributed by atoms with Crippen LogP contribution in [0, 0.1) is 0 Å². The number of aromatic nitrogens is 1. The zero-order valence-electron chi connectivity index (χ0n) is 23.6. The van der Waals surface area contributed by atoms with E-state index in [1.54, 1.807) is 29.2 Å². The molecule has 6 nitrogen and oxygen atoms in total. The van der Waals surface area contributed by atoms with Gasteiger partial charge in [0.2, 0.25) is 6.17 Å². The van der Waals surface area contributed by atoms with Crippen molar-refractivity contribution in [1.82, 2.24) is 19.7 Å². The summed E-state index contributed by atoms with van der Waals surface area (Å²) in [5.41, 5.74) is 4.56. The number of nitrogens with zero attached hydrogens (tertiary/aromatic N) is 4. The lowest BCUT2D eigenvalue weighted by Gasteiger charge is -2.43. The van der Waals surface area contributed by atoms with E-state index in [2.05, 4.69) is 4.90 Å². The third kappa shape index (κ3) is 6.11. The lowest BCUT2D eigenvalue weighted by Crippen LogP contribution is -2.55. The lowest BCUT2D eigenvalue weighted by atomic mass is 10.0. The van der Waals surface area contributed by atoms with E-state index in [0.717, 1.165) is 48.4 Å². The second-order valence-corrected chi connectivity index (χ2v) is 11.0. The first-order chi connectivity index (χ1) is 20.6. The van der Waals surface area contributed by atoms with Crippen LogP contribution in [-0.4, -0.2) is 76.8 Å². The van der Waals surface area contributed by atoms with Gasteiger partial charge in [0.05, 0.1) is 11.4 Å². The van der Waals surface area contributed by atoms with E-state index in [-0.39, 0.29) is 5.91 Å². The van der Waals surface area contributed by atoms with Crippen molar-refractivity contribution in [3.05, 3.63) is 114 Å². The van der Waals surface area contributed by atoms with Crippen LogP contribution in [0.3, 0.4) is 0 Å². The summed E-state index contributed by atoms with van der Waals surface area (Å²) in [6.07, 6.45) is 0.00840. The number of piperidine rings is 1. The Balaban J connectivity index is 1.09.